The molecule has 0 spiro atoms. The van der Waals surface area contributed by atoms with Crippen LogP contribution in [0.5, 0.6) is 0 Å². The van der Waals surface area contributed by atoms with Crippen LogP contribution >= 0.6 is 39.5 Å². The number of aromatic amines is 1. The average molecular weight is 271 g/mol. The van der Waals surface area contributed by atoms with E-state index in [-0.39, 0.29) is 0 Å². The van der Waals surface area contributed by atoms with E-state index in [2.05, 4.69) is 27.0 Å². The zero-order valence-electron chi connectivity index (χ0n) is 6.30. The average Bonchev–Trinajstić information content (AvgIpc) is 2.42. The van der Waals surface area contributed by atoms with Crippen molar-refractivity contribution in [2.45, 2.75) is 0 Å². The van der Waals surface area contributed by atoms with Gasteiger partial charge in [0.25, 0.3) is 0 Å². The minimum Gasteiger partial charge on any atom is -0.337 e. The molecule has 0 aliphatic heterocycles. The Balaban J connectivity index is 2.90. The molecule has 1 N–H and O–H groups in total. The van der Waals surface area contributed by atoms with Crippen molar-refractivity contribution in [1.29, 1.82) is 5.26 Å². The molecule has 0 fully saturated rings. The van der Waals surface area contributed by atoms with Gasteiger partial charge in [0.15, 0.2) is 3.95 Å². The fourth-order valence-electron chi connectivity index (χ4n) is 1.06. The Bertz CT molecular complexity index is 562. The van der Waals surface area contributed by atoms with E-state index in [4.69, 9.17) is 17.5 Å². The molecule has 0 unspecified atom stereocenters. The van der Waals surface area contributed by atoms with Crippen LogP contribution in [0.25, 0.3) is 10.2 Å². The number of nitriles is 1. The van der Waals surface area contributed by atoms with Crippen LogP contribution in [-0.4, -0.2) is 4.98 Å². The van der Waals surface area contributed by atoms with Crippen molar-refractivity contribution in [3.63, 3.8) is 0 Å². The highest BCUT2D eigenvalue weighted by Gasteiger charge is 2.03. The number of rotatable bonds is 0. The summed E-state index contributed by atoms with van der Waals surface area (Å²) in [4.78, 5) is 3.02. The third-order valence-corrected chi connectivity index (χ3v) is 3.48. The molecule has 0 radical (unpaired) electrons. The molecular weight excluding hydrogens is 268 g/mol. The third-order valence-electron chi connectivity index (χ3n) is 1.63. The van der Waals surface area contributed by atoms with E-state index in [1.807, 2.05) is 6.07 Å². The summed E-state index contributed by atoms with van der Waals surface area (Å²) in [7, 11) is 0. The molecule has 64 valence electrons. The largest absolute Gasteiger partial charge is 0.337 e. The van der Waals surface area contributed by atoms with Crippen LogP contribution in [0.15, 0.2) is 16.6 Å². The second-order valence-electron chi connectivity index (χ2n) is 2.45. The fourth-order valence-corrected chi connectivity index (χ4v) is 2.78. The molecule has 1 aromatic heterocycles. The number of thiazole rings is 1. The minimum absolute atomic E-state index is 0.622. The lowest BCUT2D eigenvalue weighted by atomic mass is 10.2. The zero-order valence-corrected chi connectivity index (χ0v) is 9.52. The Hall–Kier alpha value is -0.700. The maximum atomic E-state index is 8.77. The lowest BCUT2D eigenvalue weighted by molar-refractivity contribution is 1.44. The summed E-state index contributed by atoms with van der Waals surface area (Å²) >= 11 is 9.83. The van der Waals surface area contributed by atoms with Crippen molar-refractivity contribution in [2.24, 2.45) is 0 Å². The molecule has 2 nitrogen and oxygen atoms in total. The highest BCUT2D eigenvalue weighted by atomic mass is 79.9. The van der Waals surface area contributed by atoms with Gasteiger partial charge in [0.2, 0.25) is 0 Å². The molecule has 0 atom stereocenters. The molecule has 1 aromatic carbocycles. The normalized spacial score (nSPS) is 10.2. The second kappa shape index (κ2) is 3.22. The number of halogens is 1. The number of nitrogens with zero attached hydrogens (tertiary/aromatic N) is 1. The molecule has 0 saturated heterocycles. The van der Waals surface area contributed by atoms with Gasteiger partial charge in [0.1, 0.15) is 6.07 Å². The lowest BCUT2D eigenvalue weighted by Crippen LogP contribution is -1.76. The Labute approximate surface area is 92.0 Å². The first-order valence-corrected chi connectivity index (χ1v) is 5.45. The van der Waals surface area contributed by atoms with Gasteiger partial charge in [-0.05, 0) is 40.3 Å². The van der Waals surface area contributed by atoms with Crippen LogP contribution in [0.2, 0.25) is 0 Å². The first-order chi connectivity index (χ1) is 6.20. The Morgan fingerprint density at radius 3 is 3.00 bits per heavy atom. The lowest BCUT2D eigenvalue weighted by Gasteiger charge is -1.93. The van der Waals surface area contributed by atoms with Crippen molar-refractivity contribution >= 4 is 49.7 Å². The van der Waals surface area contributed by atoms with Gasteiger partial charge >= 0.3 is 0 Å². The monoisotopic (exact) mass is 270 g/mol. The van der Waals surface area contributed by atoms with E-state index >= 15 is 0 Å². The standard InChI is InChI=1S/C8H3BrN2S2/c9-5-2-7-6(1-4(5)3-10)11-8(12)13-7/h1-2H,(H,11,12). The number of aromatic nitrogens is 1. The third kappa shape index (κ3) is 1.53. The number of H-pyrrole nitrogens is 1. The van der Waals surface area contributed by atoms with Crippen molar-refractivity contribution in [3.8, 4) is 6.07 Å². The summed E-state index contributed by atoms with van der Waals surface area (Å²) in [5, 5.41) is 8.77. The van der Waals surface area contributed by atoms with Gasteiger partial charge in [0.05, 0.1) is 15.8 Å². The highest BCUT2D eigenvalue weighted by Crippen LogP contribution is 2.26. The summed E-state index contributed by atoms with van der Waals surface area (Å²) in [6.07, 6.45) is 0. The van der Waals surface area contributed by atoms with E-state index in [9.17, 15) is 0 Å². The van der Waals surface area contributed by atoms with E-state index in [0.29, 0.717) is 5.56 Å². The Morgan fingerprint density at radius 1 is 1.54 bits per heavy atom. The molecule has 0 saturated carbocycles. The van der Waals surface area contributed by atoms with Gasteiger partial charge in [-0.15, -0.1) is 11.3 Å². The molecule has 0 bridgehead atoms. The number of fused-ring (bicyclic) bond motifs is 1. The molecule has 2 rings (SSSR count). The van der Waals surface area contributed by atoms with Crippen LogP contribution in [0, 0.1) is 15.3 Å². The van der Waals surface area contributed by atoms with Crippen LogP contribution in [0.3, 0.4) is 0 Å². The predicted molar refractivity (Wildman–Crippen MR) is 59.4 cm³/mol. The van der Waals surface area contributed by atoms with Gasteiger partial charge in [-0.25, -0.2) is 0 Å². The number of nitrogens with one attached hydrogen (secondary N) is 1. The minimum atomic E-state index is 0.622. The zero-order chi connectivity index (χ0) is 9.42. The molecule has 0 amide bonds. The number of hydrogen-bond donors (Lipinski definition) is 1. The quantitative estimate of drug-likeness (QED) is 0.744. The molecule has 1 heterocycles. The number of benzene rings is 1. The fraction of sp³-hybridized carbons (Fsp3) is 0. The topological polar surface area (TPSA) is 39.6 Å². The van der Waals surface area contributed by atoms with Gasteiger partial charge in [-0.1, -0.05) is 0 Å². The van der Waals surface area contributed by atoms with E-state index in [1.54, 1.807) is 6.07 Å². The molecule has 0 aliphatic carbocycles. The Morgan fingerprint density at radius 2 is 2.31 bits per heavy atom. The smallest absolute Gasteiger partial charge is 0.159 e. The summed E-state index contributed by atoms with van der Waals surface area (Å²) in [6.45, 7) is 0. The molecule has 0 aliphatic rings. The SMILES string of the molecule is N#Cc1cc2[nH]c(=S)sc2cc1Br. The molecule has 2 aromatic rings. The molecule has 13 heavy (non-hydrogen) atoms. The maximum absolute atomic E-state index is 8.77. The summed E-state index contributed by atoms with van der Waals surface area (Å²) < 4.78 is 2.61. The van der Waals surface area contributed by atoms with Crippen LogP contribution in [0.4, 0.5) is 0 Å². The van der Waals surface area contributed by atoms with E-state index in [0.717, 1.165) is 18.6 Å². The Kier molecular flexibility index (Phi) is 2.20. The first-order valence-electron chi connectivity index (χ1n) is 3.43. The van der Waals surface area contributed by atoms with Gasteiger partial charge in [-0.3, -0.25) is 0 Å². The van der Waals surface area contributed by atoms with Crippen molar-refractivity contribution in [3.05, 3.63) is 26.1 Å². The second-order valence-corrected chi connectivity index (χ2v) is 5.03. The van der Waals surface area contributed by atoms with Crippen LogP contribution < -0.4 is 0 Å². The summed E-state index contributed by atoms with van der Waals surface area (Å²) in [6, 6.07) is 5.81. The van der Waals surface area contributed by atoms with Gasteiger partial charge < -0.3 is 4.98 Å². The maximum Gasteiger partial charge on any atom is 0.159 e. The van der Waals surface area contributed by atoms with E-state index in [1.165, 1.54) is 11.3 Å². The van der Waals surface area contributed by atoms with Gasteiger partial charge in [-0.2, -0.15) is 5.26 Å². The molecule has 5 heteroatoms. The van der Waals surface area contributed by atoms with Gasteiger partial charge in [0, 0.05) is 4.47 Å². The van der Waals surface area contributed by atoms with E-state index < -0.39 is 0 Å². The number of hydrogen-bond acceptors (Lipinski definition) is 3. The van der Waals surface area contributed by atoms with Crippen molar-refractivity contribution in [2.75, 3.05) is 0 Å². The molecular formula is C8H3BrN2S2. The van der Waals surface area contributed by atoms with Crippen LogP contribution in [0.1, 0.15) is 5.56 Å². The summed E-state index contributed by atoms with van der Waals surface area (Å²) in [5.41, 5.74) is 1.55. The highest BCUT2D eigenvalue weighted by molar-refractivity contribution is 9.10. The summed E-state index contributed by atoms with van der Waals surface area (Å²) in [5.74, 6) is 0. The van der Waals surface area contributed by atoms with Crippen molar-refractivity contribution in [1.82, 2.24) is 4.98 Å². The van der Waals surface area contributed by atoms with Crippen molar-refractivity contribution < 1.29 is 0 Å². The predicted octanol–water partition coefficient (Wildman–Crippen LogP) is 3.59. The first kappa shape index (κ1) is 8.88. The van der Waals surface area contributed by atoms with Crippen LogP contribution in [-0.2, 0) is 0 Å².